The maximum atomic E-state index is 11.9. The number of likely N-dealkylation sites (tertiary alicyclic amines) is 1. The Hall–Kier alpha value is -1.68. The summed E-state index contributed by atoms with van der Waals surface area (Å²) in [6.07, 6.45) is 0.969. The lowest BCUT2D eigenvalue weighted by Gasteiger charge is -2.28. The van der Waals surface area contributed by atoms with Gasteiger partial charge in [0.15, 0.2) is 0 Å². The smallest absolute Gasteiger partial charge is 0.229 e. The minimum Gasteiger partial charge on any atom is -0.309 e. The van der Waals surface area contributed by atoms with E-state index in [9.17, 15) is 9.59 Å². The fourth-order valence-corrected chi connectivity index (χ4v) is 2.83. The second-order valence-electron chi connectivity index (χ2n) is 5.59. The average molecular weight is 258 g/mol. The molecule has 3 rings (SSSR count). The summed E-state index contributed by atoms with van der Waals surface area (Å²) in [6.45, 7) is 4.16. The molecule has 0 saturated carbocycles. The minimum atomic E-state index is -0.0395. The van der Waals surface area contributed by atoms with Crippen LogP contribution in [0, 0.1) is 5.92 Å². The molecule has 1 fully saturated rings. The lowest BCUT2D eigenvalue weighted by molar-refractivity contribution is -0.150. The van der Waals surface area contributed by atoms with E-state index in [2.05, 4.69) is 17.4 Å². The van der Waals surface area contributed by atoms with Crippen molar-refractivity contribution in [1.82, 2.24) is 10.2 Å². The number of amides is 2. The number of nitrogens with one attached hydrogen (secondary N) is 1. The molecule has 2 aliphatic rings. The van der Waals surface area contributed by atoms with Crippen LogP contribution >= 0.6 is 0 Å². The fourth-order valence-electron chi connectivity index (χ4n) is 2.83. The first-order valence-electron chi connectivity index (χ1n) is 6.78. The number of hydrogen-bond donors (Lipinski definition) is 1. The number of fused-ring (bicyclic) bond motifs is 1. The van der Waals surface area contributed by atoms with Crippen molar-refractivity contribution in [2.45, 2.75) is 39.4 Å². The Morgan fingerprint density at radius 1 is 1.16 bits per heavy atom. The van der Waals surface area contributed by atoms with Gasteiger partial charge in [0.2, 0.25) is 11.8 Å². The van der Waals surface area contributed by atoms with E-state index >= 15 is 0 Å². The van der Waals surface area contributed by atoms with Crippen molar-refractivity contribution in [1.29, 1.82) is 0 Å². The van der Waals surface area contributed by atoms with E-state index in [1.165, 1.54) is 16.0 Å². The topological polar surface area (TPSA) is 49.4 Å². The molecular weight excluding hydrogens is 240 g/mol. The molecule has 1 aromatic rings. The first-order chi connectivity index (χ1) is 9.13. The molecule has 1 N–H and O–H groups in total. The van der Waals surface area contributed by atoms with Crippen LogP contribution in [0.2, 0.25) is 0 Å². The zero-order valence-corrected chi connectivity index (χ0v) is 11.1. The van der Waals surface area contributed by atoms with E-state index in [0.29, 0.717) is 19.4 Å². The Morgan fingerprint density at radius 2 is 1.84 bits per heavy atom. The van der Waals surface area contributed by atoms with Gasteiger partial charge in [-0.25, -0.2) is 0 Å². The molecule has 1 saturated heterocycles. The van der Waals surface area contributed by atoms with Crippen molar-refractivity contribution in [3.05, 3.63) is 34.9 Å². The van der Waals surface area contributed by atoms with Crippen LogP contribution in [0.3, 0.4) is 0 Å². The second kappa shape index (κ2) is 4.78. The molecule has 19 heavy (non-hydrogen) atoms. The zero-order chi connectivity index (χ0) is 13.4. The van der Waals surface area contributed by atoms with Crippen LogP contribution in [0.15, 0.2) is 18.2 Å². The maximum Gasteiger partial charge on any atom is 0.229 e. The van der Waals surface area contributed by atoms with Crippen LogP contribution in [0.25, 0.3) is 0 Å². The number of imide groups is 1. The lowest BCUT2D eigenvalue weighted by atomic mass is 9.97. The highest BCUT2D eigenvalue weighted by Crippen LogP contribution is 2.23. The minimum absolute atomic E-state index is 0.0395. The summed E-state index contributed by atoms with van der Waals surface area (Å²) in [7, 11) is 0. The Kier molecular flexibility index (Phi) is 3.11. The summed E-state index contributed by atoms with van der Waals surface area (Å²) in [5.74, 6) is 0.102. The highest BCUT2D eigenvalue weighted by Gasteiger charge is 2.30. The van der Waals surface area contributed by atoms with Crippen LogP contribution in [0.5, 0.6) is 0 Å². The van der Waals surface area contributed by atoms with E-state index in [-0.39, 0.29) is 17.7 Å². The first-order valence-corrected chi connectivity index (χ1v) is 6.78. The van der Waals surface area contributed by atoms with Crippen LogP contribution in [0.1, 0.15) is 36.5 Å². The average Bonchev–Trinajstić information content (AvgIpc) is 2.81. The molecule has 0 atom stereocenters. The van der Waals surface area contributed by atoms with Gasteiger partial charge in [-0.2, -0.15) is 0 Å². The van der Waals surface area contributed by atoms with Gasteiger partial charge in [0.1, 0.15) is 0 Å². The predicted molar refractivity (Wildman–Crippen MR) is 70.9 cm³/mol. The number of carbonyl (C=O) groups excluding carboxylic acids is 2. The molecule has 0 aliphatic carbocycles. The van der Waals surface area contributed by atoms with Gasteiger partial charge in [-0.1, -0.05) is 25.1 Å². The van der Waals surface area contributed by atoms with E-state index in [1.807, 2.05) is 13.0 Å². The van der Waals surface area contributed by atoms with E-state index < -0.39 is 0 Å². The van der Waals surface area contributed by atoms with Crippen molar-refractivity contribution in [2.24, 2.45) is 5.92 Å². The highest BCUT2D eigenvalue weighted by atomic mass is 16.2. The van der Waals surface area contributed by atoms with Crippen LogP contribution in [-0.2, 0) is 29.2 Å². The summed E-state index contributed by atoms with van der Waals surface area (Å²) >= 11 is 0. The van der Waals surface area contributed by atoms with E-state index in [4.69, 9.17) is 0 Å². The van der Waals surface area contributed by atoms with Crippen molar-refractivity contribution >= 4 is 11.8 Å². The summed E-state index contributed by atoms with van der Waals surface area (Å²) in [5, 5.41) is 3.29. The van der Waals surface area contributed by atoms with Crippen LogP contribution in [-0.4, -0.2) is 16.7 Å². The Balaban J connectivity index is 1.77. The molecule has 2 heterocycles. The van der Waals surface area contributed by atoms with Gasteiger partial charge in [0, 0.05) is 25.9 Å². The quantitative estimate of drug-likeness (QED) is 0.819. The first kappa shape index (κ1) is 12.4. The predicted octanol–water partition coefficient (Wildman–Crippen LogP) is 1.57. The molecule has 1 aromatic carbocycles. The summed E-state index contributed by atoms with van der Waals surface area (Å²) in [6, 6.07) is 6.21. The van der Waals surface area contributed by atoms with Crippen molar-refractivity contribution in [3.8, 4) is 0 Å². The molecule has 4 heteroatoms. The van der Waals surface area contributed by atoms with Crippen molar-refractivity contribution in [3.63, 3.8) is 0 Å². The molecule has 0 bridgehead atoms. The number of benzene rings is 1. The monoisotopic (exact) mass is 258 g/mol. The van der Waals surface area contributed by atoms with Gasteiger partial charge in [-0.3, -0.25) is 14.5 Å². The van der Waals surface area contributed by atoms with Gasteiger partial charge in [-0.05, 0) is 22.6 Å². The lowest BCUT2D eigenvalue weighted by Crippen LogP contribution is -2.42. The van der Waals surface area contributed by atoms with Crippen molar-refractivity contribution < 1.29 is 9.59 Å². The van der Waals surface area contributed by atoms with Gasteiger partial charge in [0.25, 0.3) is 0 Å². The number of piperidine rings is 1. The Labute approximate surface area is 112 Å². The number of carbonyl (C=O) groups is 2. The van der Waals surface area contributed by atoms with Gasteiger partial charge < -0.3 is 5.32 Å². The molecule has 0 unspecified atom stereocenters. The van der Waals surface area contributed by atoms with Gasteiger partial charge in [-0.15, -0.1) is 0 Å². The van der Waals surface area contributed by atoms with Gasteiger partial charge in [0.05, 0.1) is 6.54 Å². The van der Waals surface area contributed by atoms with Gasteiger partial charge >= 0.3 is 0 Å². The second-order valence-corrected chi connectivity index (χ2v) is 5.59. The highest BCUT2D eigenvalue weighted by molar-refractivity contribution is 5.97. The molecule has 2 amide bonds. The Bertz CT molecular complexity index is 521. The molecular formula is C15H18N2O2. The van der Waals surface area contributed by atoms with E-state index in [1.54, 1.807) is 0 Å². The third-order valence-corrected chi connectivity index (χ3v) is 3.89. The van der Waals surface area contributed by atoms with E-state index in [0.717, 1.165) is 18.7 Å². The van der Waals surface area contributed by atoms with Crippen LogP contribution < -0.4 is 5.32 Å². The Morgan fingerprint density at radius 3 is 2.58 bits per heavy atom. The largest absolute Gasteiger partial charge is 0.309 e. The summed E-state index contributed by atoms with van der Waals surface area (Å²) in [5.41, 5.74) is 3.63. The SMILES string of the molecule is CC1CC(=O)N(Cc2ccc3c(c2)CNC3)C(=O)C1. The number of rotatable bonds is 2. The number of nitrogens with zero attached hydrogens (tertiary/aromatic N) is 1. The molecule has 100 valence electrons. The normalized spacial score (nSPS) is 19.9. The molecule has 0 radical (unpaired) electrons. The standard InChI is InChI=1S/C15H18N2O2/c1-10-4-14(18)17(15(19)5-10)9-11-2-3-12-7-16-8-13(12)6-11/h2-3,6,10,16H,4-5,7-9H2,1H3. The third-order valence-electron chi connectivity index (χ3n) is 3.89. The third kappa shape index (κ3) is 2.40. The molecule has 2 aliphatic heterocycles. The number of hydrogen-bond acceptors (Lipinski definition) is 3. The fraction of sp³-hybridized carbons (Fsp3) is 0.467. The maximum absolute atomic E-state index is 11.9. The van der Waals surface area contributed by atoms with Crippen molar-refractivity contribution in [2.75, 3.05) is 0 Å². The zero-order valence-electron chi connectivity index (χ0n) is 11.1. The summed E-state index contributed by atoms with van der Waals surface area (Å²) in [4.78, 5) is 25.3. The molecule has 4 nitrogen and oxygen atoms in total. The summed E-state index contributed by atoms with van der Waals surface area (Å²) < 4.78 is 0. The molecule has 0 aromatic heterocycles. The molecule has 0 spiro atoms. The van der Waals surface area contributed by atoms with Crippen LogP contribution in [0.4, 0.5) is 0 Å².